The smallest absolute Gasteiger partial charge is 0.0297 e. The Morgan fingerprint density at radius 3 is 1.23 bits per heavy atom. The van der Waals surface area contributed by atoms with Crippen LogP contribution in [-0.4, -0.2) is 0 Å². The molecule has 0 atom stereocenters. The highest BCUT2D eigenvalue weighted by atomic mass is 14.4. The van der Waals surface area contributed by atoms with E-state index in [1.165, 1.54) is 38.5 Å². The van der Waals surface area contributed by atoms with Crippen LogP contribution in [0.5, 0.6) is 0 Å². The van der Waals surface area contributed by atoms with Crippen molar-refractivity contribution in [2.24, 2.45) is 5.41 Å². The summed E-state index contributed by atoms with van der Waals surface area (Å²) in [6.45, 7) is 4.00. The van der Waals surface area contributed by atoms with Crippen molar-refractivity contribution in [2.45, 2.75) is 78.1 Å². The molecule has 0 radical (unpaired) electrons. The van der Waals surface area contributed by atoms with Crippen LogP contribution in [0.25, 0.3) is 0 Å². The van der Waals surface area contributed by atoms with Crippen molar-refractivity contribution < 1.29 is 0 Å². The normalized spacial score (nSPS) is 26.3. The highest BCUT2D eigenvalue weighted by Crippen LogP contribution is 2.47. The summed E-state index contributed by atoms with van der Waals surface area (Å²) in [7, 11) is 0. The third-order valence-corrected chi connectivity index (χ3v) is 3.83. The molecule has 0 amide bonds. The lowest BCUT2D eigenvalue weighted by molar-refractivity contribution is 0.253. The molecule has 0 aliphatic heterocycles. The first kappa shape index (κ1) is 11.1. The van der Waals surface area contributed by atoms with Gasteiger partial charge in [-0.1, -0.05) is 52.4 Å². The van der Waals surface area contributed by atoms with Gasteiger partial charge >= 0.3 is 0 Å². The third kappa shape index (κ3) is 3.00. The Balaban J connectivity index is 0.000000396. The average molecular weight is 182 g/mol. The molecule has 0 aromatic carbocycles. The molecule has 2 fully saturated rings. The van der Waals surface area contributed by atoms with E-state index >= 15 is 0 Å². The molecular formula is C13H26. The summed E-state index contributed by atoms with van der Waals surface area (Å²) in [4.78, 5) is 0. The Bertz CT molecular complexity index is 110. The van der Waals surface area contributed by atoms with Crippen LogP contribution in [0.15, 0.2) is 0 Å². The Hall–Kier alpha value is 0. The Kier molecular flexibility index (Phi) is 4.83. The minimum absolute atomic E-state index is 0.858. The van der Waals surface area contributed by atoms with E-state index in [2.05, 4.69) is 0 Å². The van der Waals surface area contributed by atoms with Crippen LogP contribution in [0.4, 0.5) is 0 Å². The molecule has 2 saturated carbocycles. The van der Waals surface area contributed by atoms with Gasteiger partial charge in [-0.25, -0.2) is 0 Å². The van der Waals surface area contributed by atoms with E-state index < -0.39 is 0 Å². The second kappa shape index (κ2) is 5.67. The number of rotatable bonds is 0. The van der Waals surface area contributed by atoms with Crippen LogP contribution >= 0.6 is 0 Å². The first-order chi connectivity index (χ1) is 6.41. The van der Waals surface area contributed by atoms with Gasteiger partial charge in [0.25, 0.3) is 0 Å². The molecule has 0 aromatic rings. The molecular weight excluding hydrogens is 156 g/mol. The van der Waals surface area contributed by atoms with Crippen molar-refractivity contribution in [1.82, 2.24) is 0 Å². The lowest BCUT2D eigenvalue weighted by Crippen LogP contribution is -2.14. The molecule has 0 N–H and O–H groups in total. The van der Waals surface area contributed by atoms with E-state index in [-0.39, 0.29) is 0 Å². The van der Waals surface area contributed by atoms with E-state index in [0.29, 0.717) is 0 Å². The molecule has 0 aromatic heterocycles. The van der Waals surface area contributed by atoms with Crippen molar-refractivity contribution in [3.63, 3.8) is 0 Å². The van der Waals surface area contributed by atoms with Crippen molar-refractivity contribution in [2.75, 3.05) is 0 Å². The predicted octanol–water partition coefficient (Wildman–Crippen LogP) is 4.93. The zero-order valence-corrected chi connectivity index (χ0v) is 9.57. The second-order valence-corrected chi connectivity index (χ2v) is 4.62. The minimum atomic E-state index is 0.858. The molecule has 2 aliphatic carbocycles. The monoisotopic (exact) mass is 182 g/mol. The van der Waals surface area contributed by atoms with Gasteiger partial charge in [0.15, 0.2) is 0 Å². The van der Waals surface area contributed by atoms with Crippen LogP contribution in [0.2, 0.25) is 0 Å². The van der Waals surface area contributed by atoms with Gasteiger partial charge in [0.2, 0.25) is 0 Å². The van der Waals surface area contributed by atoms with E-state index in [0.717, 1.165) is 5.41 Å². The SMILES string of the molecule is C1CCCC2(CC1)CCCC2.CC. The first-order valence-electron chi connectivity index (χ1n) is 6.41. The molecule has 0 heterocycles. The van der Waals surface area contributed by atoms with Gasteiger partial charge in [-0.3, -0.25) is 0 Å². The molecule has 2 aliphatic rings. The van der Waals surface area contributed by atoms with Crippen LogP contribution in [0.1, 0.15) is 78.1 Å². The topological polar surface area (TPSA) is 0 Å². The molecule has 13 heavy (non-hydrogen) atoms. The average Bonchev–Trinajstić information content (AvgIpc) is 2.50. The van der Waals surface area contributed by atoms with Gasteiger partial charge in [0.05, 0.1) is 0 Å². The summed E-state index contributed by atoms with van der Waals surface area (Å²) in [6, 6.07) is 0. The summed E-state index contributed by atoms with van der Waals surface area (Å²) < 4.78 is 0. The fourth-order valence-corrected chi connectivity index (χ4v) is 3.10. The van der Waals surface area contributed by atoms with Gasteiger partial charge in [-0.05, 0) is 31.1 Å². The first-order valence-corrected chi connectivity index (χ1v) is 6.41. The van der Waals surface area contributed by atoms with Gasteiger partial charge < -0.3 is 0 Å². The zero-order valence-electron chi connectivity index (χ0n) is 9.57. The summed E-state index contributed by atoms with van der Waals surface area (Å²) in [6.07, 6.45) is 15.4. The molecule has 78 valence electrons. The summed E-state index contributed by atoms with van der Waals surface area (Å²) >= 11 is 0. The Morgan fingerprint density at radius 1 is 0.538 bits per heavy atom. The highest BCUT2D eigenvalue weighted by Gasteiger charge is 2.33. The van der Waals surface area contributed by atoms with Gasteiger partial charge in [0, 0.05) is 0 Å². The fraction of sp³-hybridized carbons (Fsp3) is 1.00. The maximum absolute atomic E-state index is 2.00. The zero-order chi connectivity index (χ0) is 9.57. The maximum Gasteiger partial charge on any atom is -0.0297 e. The van der Waals surface area contributed by atoms with Crippen molar-refractivity contribution >= 4 is 0 Å². The minimum Gasteiger partial charge on any atom is -0.0683 e. The molecule has 0 nitrogen and oxygen atoms in total. The Morgan fingerprint density at radius 2 is 0.846 bits per heavy atom. The van der Waals surface area contributed by atoms with Crippen LogP contribution in [-0.2, 0) is 0 Å². The van der Waals surface area contributed by atoms with E-state index in [4.69, 9.17) is 0 Å². The van der Waals surface area contributed by atoms with Crippen LogP contribution in [0, 0.1) is 5.41 Å². The van der Waals surface area contributed by atoms with Gasteiger partial charge in [-0.15, -0.1) is 0 Å². The third-order valence-electron chi connectivity index (χ3n) is 3.83. The van der Waals surface area contributed by atoms with Gasteiger partial charge in [-0.2, -0.15) is 0 Å². The van der Waals surface area contributed by atoms with Gasteiger partial charge in [0.1, 0.15) is 0 Å². The highest BCUT2D eigenvalue weighted by molar-refractivity contribution is 4.85. The maximum atomic E-state index is 2.00. The molecule has 2 rings (SSSR count). The van der Waals surface area contributed by atoms with Crippen molar-refractivity contribution in [1.29, 1.82) is 0 Å². The lowest BCUT2D eigenvalue weighted by atomic mass is 9.79. The summed E-state index contributed by atoms with van der Waals surface area (Å²) in [5.41, 5.74) is 0.858. The van der Waals surface area contributed by atoms with Crippen molar-refractivity contribution in [3.8, 4) is 0 Å². The molecule has 0 heteroatoms. The van der Waals surface area contributed by atoms with E-state index in [1.807, 2.05) is 13.8 Å². The molecule has 0 saturated heterocycles. The lowest BCUT2D eigenvalue weighted by Gasteiger charge is -2.26. The molecule has 0 unspecified atom stereocenters. The van der Waals surface area contributed by atoms with Crippen LogP contribution < -0.4 is 0 Å². The number of hydrogen-bond acceptors (Lipinski definition) is 0. The second-order valence-electron chi connectivity index (χ2n) is 4.62. The summed E-state index contributed by atoms with van der Waals surface area (Å²) in [5.74, 6) is 0. The largest absolute Gasteiger partial charge is 0.0683 e. The van der Waals surface area contributed by atoms with Crippen LogP contribution in [0.3, 0.4) is 0 Å². The summed E-state index contributed by atoms with van der Waals surface area (Å²) in [5, 5.41) is 0. The molecule has 0 bridgehead atoms. The quantitative estimate of drug-likeness (QED) is 0.498. The van der Waals surface area contributed by atoms with E-state index in [9.17, 15) is 0 Å². The standard InChI is InChI=1S/C11H20.C2H6/c1-2-4-8-11(7-3-1)9-5-6-10-11;1-2/h1-10H2;1-2H3. The van der Waals surface area contributed by atoms with E-state index in [1.54, 1.807) is 25.7 Å². The molecule has 1 spiro atoms. The fourth-order valence-electron chi connectivity index (χ4n) is 3.10. The Labute approximate surface area is 84.1 Å². The number of hydrogen-bond donors (Lipinski definition) is 0. The van der Waals surface area contributed by atoms with Crippen molar-refractivity contribution in [3.05, 3.63) is 0 Å². The predicted molar refractivity (Wildman–Crippen MR) is 60.0 cm³/mol.